The van der Waals surface area contributed by atoms with Gasteiger partial charge in [0.2, 0.25) is 0 Å². The SMILES string of the molecule is COCO[C@H]1[C@H](OCOC)[C@@H](OC)O[C@H](CBr)[C@H]1OC(=O)c1ccccc1. The van der Waals surface area contributed by atoms with Crippen LogP contribution in [0.3, 0.4) is 0 Å². The molecule has 0 saturated carbocycles. The molecule has 2 rings (SSSR count). The number of rotatable bonds is 10. The van der Waals surface area contributed by atoms with Crippen molar-refractivity contribution in [1.82, 2.24) is 0 Å². The Labute approximate surface area is 167 Å². The first kappa shape index (κ1) is 22.2. The summed E-state index contributed by atoms with van der Waals surface area (Å²) in [6, 6.07) is 8.71. The number of ether oxygens (including phenoxy) is 7. The van der Waals surface area contributed by atoms with Crippen LogP contribution in [0.25, 0.3) is 0 Å². The van der Waals surface area contributed by atoms with Gasteiger partial charge in [-0.15, -0.1) is 0 Å². The molecule has 8 nitrogen and oxygen atoms in total. The van der Waals surface area contributed by atoms with E-state index < -0.39 is 36.7 Å². The lowest BCUT2D eigenvalue weighted by atomic mass is 9.99. The highest BCUT2D eigenvalue weighted by molar-refractivity contribution is 9.09. The van der Waals surface area contributed by atoms with Gasteiger partial charge in [-0.25, -0.2) is 4.79 Å². The van der Waals surface area contributed by atoms with Crippen molar-refractivity contribution in [1.29, 1.82) is 0 Å². The first-order valence-corrected chi connectivity index (χ1v) is 9.49. The number of carbonyl (C=O) groups is 1. The Morgan fingerprint density at radius 3 is 2.19 bits per heavy atom. The summed E-state index contributed by atoms with van der Waals surface area (Å²) in [5.41, 5.74) is 0.430. The third kappa shape index (κ3) is 5.95. The van der Waals surface area contributed by atoms with Crippen LogP contribution in [0.5, 0.6) is 0 Å². The number of halogens is 1. The van der Waals surface area contributed by atoms with E-state index in [2.05, 4.69) is 15.9 Å². The second-order valence-electron chi connectivity index (χ2n) is 5.74. The fourth-order valence-electron chi connectivity index (χ4n) is 2.76. The Morgan fingerprint density at radius 1 is 1.00 bits per heavy atom. The molecular weight excluding hydrogens is 424 g/mol. The molecule has 27 heavy (non-hydrogen) atoms. The van der Waals surface area contributed by atoms with Crippen LogP contribution in [0.1, 0.15) is 10.4 Å². The van der Waals surface area contributed by atoms with E-state index in [9.17, 15) is 4.79 Å². The average molecular weight is 449 g/mol. The topological polar surface area (TPSA) is 81.7 Å². The number of methoxy groups -OCH3 is 3. The van der Waals surface area contributed by atoms with Crippen LogP contribution in [0.15, 0.2) is 30.3 Å². The number of benzene rings is 1. The maximum absolute atomic E-state index is 12.6. The van der Waals surface area contributed by atoms with E-state index >= 15 is 0 Å². The normalized spacial score (nSPS) is 28.1. The maximum Gasteiger partial charge on any atom is 0.338 e. The minimum atomic E-state index is -0.750. The van der Waals surface area contributed by atoms with Crippen molar-refractivity contribution in [2.45, 2.75) is 30.7 Å². The number of hydrogen-bond acceptors (Lipinski definition) is 8. The molecule has 0 N–H and O–H groups in total. The van der Waals surface area contributed by atoms with Crippen LogP contribution < -0.4 is 0 Å². The molecule has 0 radical (unpaired) electrons. The van der Waals surface area contributed by atoms with Crippen molar-refractivity contribution in [2.75, 3.05) is 40.2 Å². The van der Waals surface area contributed by atoms with Gasteiger partial charge in [0, 0.05) is 26.7 Å². The van der Waals surface area contributed by atoms with E-state index in [1.54, 1.807) is 24.3 Å². The van der Waals surface area contributed by atoms with E-state index in [0.717, 1.165) is 0 Å². The second kappa shape index (κ2) is 11.7. The summed E-state index contributed by atoms with van der Waals surface area (Å²) >= 11 is 3.40. The summed E-state index contributed by atoms with van der Waals surface area (Å²) < 4.78 is 38.6. The van der Waals surface area contributed by atoms with Crippen molar-refractivity contribution in [3.8, 4) is 0 Å². The van der Waals surface area contributed by atoms with Crippen molar-refractivity contribution < 1.29 is 38.0 Å². The second-order valence-corrected chi connectivity index (χ2v) is 6.39. The lowest BCUT2D eigenvalue weighted by molar-refractivity contribution is -0.318. The highest BCUT2D eigenvalue weighted by Crippen LogP contribution is 2.30. The molecule has 0 bridgehead atoms. The van der Waals surface area contributed by atoms with Gasteiger partial charge in [-0.2, -0.15) is 0 Å². The van der Waals surface area contributed by atoms with Gasteiger partial charge in [-0.3, -0.25) is 0 Å². The number of alkyl halides is 1. The van der Waals surface area contributed by atoms with Crippen LogP contribution in [-0.4, -0.2) is 76.9 Å². The molecule has 1 aliphatic heterocycles. The summed E-state index contributed by atoms with van der Waals surface area (Å²) in [6.45, 7) is -0.0125. The number of carbonyl (C=O) groups excluding carboxylic acids is 1. The van der Waals surface area contributed by atoms with Crippen LogP contribution in [0, 0.1) is 0 Å². The minimum absolute atomic E-state index is 0.000933. The highest BCUT2D eigenvalue weighted by atomic mass is 79.9. The highest BCUT2D eigenvalue weighted by Gasteiger charge is 2.49. The molecule has 1 heterocycles. The Bertz CT molecular complexity index is 558. The van der Waals surface area contributed by atoms with Crippen LogP contribution in [0.2, 0.25) is 0 Å². The van der Waals surface area contributed by atoms with E-state index in [0.29, 0.717) is 10.9 Å². The van der Waals surface area contributed by atoms with Crippen LogP contribution in [-0.2, 0) is 33.2 Å². The van der Waals surface area contributed by atoms with Gasteiger partial charge in [-0.05, 0) is 12.1 Å². The molecule has 0 amide bonds. The van der Waals surface area contributed by atoms with Gasteiger partial charge in [0.1, 0.15) is 31.9 Å². The van der Waals surface area contributed by atoms with Gasteiger partial charge in [0.25, 0.3) is 0 Å². The van der Waals surface area contributed by atoms with Gasteiger partial charge >= 0.3 is 5.97 Å². The molecular formula is C18H25BrO8. The lowest BCUT2D eigenvalue weighted by Gasteiger charge is -2.44. The predicted molar refractivity (Wildman–Crippen MR) is 98.6 cm³/mol. The minimum Gasteiger partial charge on any atom is -0.453 e. The van der Waals surface area contributed by atoms with Gasteiger partial charge < -0.3 is 33.2 Å². The molecule has 1 aliphatic rings. The van der Waals surface area contributed by atoms with Gasteiger partial charge in [0.05, 0.1) is 5.56 Å². The number of hydrogen-bond donors (Lipinski definition) is 0. The molecule has 0 aliphatic carbocycles. The smallest absolute Gasteiger partial charge is 0.338 e. The summed E-state index contributed by atoms with van der Waals surface area (Å²) in [5.74, 6) is -0.484. The van der Waals surface area contributed by atoms with E-state index in [1.165, 1.54) is 21.3 Å². The van der Waals surface area contributed by atoms with Gasteiger partial charge in [0.15, 0.2) is 12.4 Å². The van der Waals surface area contributed by atoms with Gasteiger partial charge in [-0.1, -0.05) is 34.1 Å². The molecule has 0 unspecified atom stereocenters. The Morgan fingerprint density at radius 2 is 1.63 bits per heavy atom. The maximum atomic E-state index is 12.6. The quantitative estimate of drug-likeness (QED) is 0.305. The summed E-state index contributed by atoms with van der Waals surface area (Å²) in [7, 11) is 4.51. The summed E-state index contributed by atoms with van der Waals surface area (Å²) in [4.78, 5) is 12.6. The van der Waals surface area contributed by atoms with E-state index in [1.807, 2.05) is 6.07 Å². The standard InChI is InChI=1S/C18H25BrO8/c1-21-10-24-15-14(27-17(20)12-7-5-4-6-8-12)13(9-19)26-18(23-3)16(15)25-11-22-2/h4-8,13-16,18H,9-11H2,1-3H3/t13-,14-,15-,16+,18+/m1/s1. The zero-order valence-electron chi connectivity index (χ0n) is 15.5. The van der Waals surface area contributed by atoms with Crippen LogP contribution >= 0.6 is 15.9 Å². The molecule has 0 aromatic heterocycles. The summed E-state index contributed by atoms with van der Waals surface area (Å²) in [6.07, 6.45) is -3.36. The molecule has 9 heteroatoms. The monoisotopic (exact) mass is 448 g/mol. The van der Waals surface area contributed by atoms with Crippen molar-refractivity contribution >= 4 is 21.9 Å². The van der Waals surface area contributed by atoms with Crippen LogP contribution in [0.4, 0.5) is 0 Å². The van der Waals surface area contributed by atoms with Crippen molar-refractivity contribution in [2.24, 2.45) is 0 Å². The Kier molecular flexibility index (Phi) is 9.63. The van der Waals surface area contributed by atoms with E-state index in [-0.39, 0.29) is 13.6 Å². The number of esters is 1. The molecule has 1 fully saturated rings. The molecule has 1 aromatic rings. The zero-order valence-corrected chi connectivity index (χ0v) is 17.1. The first-order chi connectivity index (χ1) is 13.2. The zero-order chi connectivity index (χ0) is 19.6. The molecule has 5 atom stereocenters. The molecule has 1 aromatic carbocycles. The Hall–Kier alpha value is -1.07. The Balaban J connectivity index is 2.25. The lowest BCUT2D eigenvalue weighted by Crippen LogP contribution is -2.61. The third-order valence-corrected chi connectivity index (χ3v) is 4.62. The molecule has 1 saturated heterocycles. The predicted octanol–water partition coefficient (Wildman–Crippen LogP) is 1.96. The first-order valence-electron chi connectivity index (χ1n) is 8.37. The molecule has 152 valence electrons. The fraction of sp³-hybridized carbons (Fsp3) is 0.611. The van der Waals surface area contributed by atoms with Crippen molar-refractivity contribution in [3.05, 3.63) is 35.9 Å². The fourth-order valence-corrected chi connectivity index (χ4v) is 3.28. The molecule has 0 spiro atoms. The summed E-state index contributed by atoms with van der Waals surface area (Å²) in [5, 5.41) is 0.406. The average Bonchev–Trinajstić information content (AvgIpc) is 2.71. The van der Waals surface area contributed by atoms with E-state index in [4.69, 9.17) is 33.2 Å². The largest absolute Gasteiger partial charge is 0.453 e. The third-order valence-electron chi connectivity index (χ3n) is 3.98. The van der Waals surface area contributed by atoms with Crippen molar-refractivity contribution in [3.63, 3.8) is 0 Å².